The van der Waals surface area contributed by atoms with Gasteiger partial charge >= 0.3 is 6.61 Å². The van der Waals surface area contributed by atoms with Gasteiger partial charge in [0.1, 0.15) is 5.75 Å². The molecule has 1 aromatic carbocycles. The van der Waals surface area contributed by atoms with Crippen molar-refractivity contribution in [1.29, 1.82) is 0 Å². The standard InChI is InChI=1S/C33H45F2N3O2/c1-6-23(5)32(39)30-27-14-13-26(40-33(34)35)19-29(27)38(25-10-8-7-9-11-25)31(30)28-15-12-22(4)18-24(20-37-28)16-17-36-21(2)3/h13-15,18-23,25,33,36H,6-12,16-17H2,1-5H3/b24-18-,28-15+,37-20+. The highest BCUT2D eigenvalue weighted by molar-refractivity contribution is 6.13. The molecule has 1 N–H and O–H groups in total. The highest BCUT2D eigenvalue weighted by atomic mass is 19.3. The van der Waals surface area contributed by atoms with Crippen molar-refractivity contribution in [3.8, 4) is 5.75 Å². The molecule has 0 spiro atoms. The van der Waals surface area contributed by atoms with E-state index in [4.69, 9.17) is 9.73 Å². The number of halogens is 2. The molecule has 1 aliphatic heterocycles. The number of hydrogen-bond acceptors (Lipinski definition) is 4. The van der Waals surface area contributed by atoms with Crippen molar-refractivity contribution in [1.82, 2.24) is 9.88 Å². The van der Waals surface area contributed by atoms with Gasteiger partial charge in [0.2, 0.25) is 0 Å². The Kier molecular flexibility index (Phi) is 10.3. The number of ketones is 1. The molecule has 2 aromatic rings. The van der Waals surface area contributed by atoms with E-state index in [1.807, 2.05) is 20.1 Å². The molecule has 40 heavy (non-hydrogen) atoms. The number of fused-ring (bicyclic) bond motifs is 1. The third kappa shape index (κ3) is 7.09. The maximum Gasteiger partial charge on any atom is 0.387 e. The van der Waals surface area contributed by atoms with Crippen molar-refractivity contribution in [2.24, 2.45) is 16.8 Å². The van der Waals surface area contributed by atoms with Gasteiger partial charge in [-0.05, 0) is 62.3 Å². The van der Waals surface area contributed by atoms with E-state index in [0.29, 0.717) is 17.5 Å². The van der Waals surface area contributed by atoms with E-state index in [-0.39, 0.29) is 23.5 Å². The van der Waals surface area contributed by atoms with Crippen LogP contribution in [0.1, 0.15) is 108 Å². The summed E-state index contributed by atoms with van der Waals surface area (Å²) >= 11 is 0. The Bertz CT molecular complexity index is 1270. The van der Waals surface area contributed by atoms with E-state index in [1.165, 1.54) is 12.0 Å². The van der Waals surface area contributed by atoms with Gasteiger partial charge in [0, 0.05) is 35.7 Å². The molecule has 2 heterocycles. The third-order valence-electron chi connectivity index (χ3n) is 8.21. The third-order valence-corrected chi connectivity index (χ3v) is 8.21. The molecule has 5 nitrogen and oxygen atoms in total. The van der Waals surface area contributed by atoms with Crippen LogP contribution >= 0.6 is 0 Å². The quantitative estimate of drug-likeness (QED) is 0.283. The minimum Gasteiger partial charge on any atom is -0.435 e. The summed E-state index contributed by atoms with van der Waals surface area (Å²) in [5, 5.41) is 4.27. The van der Waals surface area contributed by atoms with Crippen LogP contribution in [-0.4, -0.2) is 35.8 Å². The number of nitrogens with zero attached hydrogens (tertiary/aromatic N) is 2. The summed E-state index contributed by atoms with van der Waals surface area (Å²) < 4.78 is 33.5. The average molecular weight is 554 g/mol. The second-order valence-corrected chi connectivity index (χ2v) is 11.8. The molecular formula is C33H45F2N3O2. The van der Waals surface area contributed by atoms with Crippen molar-refractivity contribution in [2.45, 2.75) is 105 Å². The molecule has 0 radical (unpaired) electrons. The van der Waals surface area contributed by atoms with Gasteiger partial charge in [0.05, 0.1) is 22.5 Å². The topological polar surface area (TPSA) is 55.6 Å². The summed E-state index contributed by atoms with van der Waals surface area (Å²) in [5.41, 5.74) is 4.22. The van der Waals surface area contributed by atoms with Crippen molar-refractivity contribution in [3.63, 3.8) is 0 Å². The molecule has 1 aliphatic carbocycles. The first-order valence-electron chi connectivity index (χ1n) is 15.0. The fraction of sp³-hybridized carbons (Fsp3) is 0.576. The summed E-state index contributed by atoms with van der Waals surface area (Å²) in [6.07, 6.45) is 14.1. The van der Waals surface area contributed by atoms with Crippen LogP contribution < -0.4 is 10.1 Å². The first-order chi connectivity index (χ1) is 19.2. The largest absolute Gasteiger partial charge is 0.435 e. The van der Waals surface area contributed by atoms with E-state index >= 15 is 0 Å². The van der Waals surface area contributed by atoms with Crippen LogP contribution in [0.4, 0.5) is 8.78 Å². The van der Waals surface area contributed by atoms with Crippen molar-refractivity contribution in [3.05, 3.63) is 47.2 Å². The summed E-state index contributed by atoms with van der Waals surface area (Å²) in [7, 11) is 0. The number of allylic oxidation sites excluding steroid dienone is 2. The minimum atomic E-state index is -2.91. The zero-order valence-electron chi connectivity index (χ0n) is 24.7. The lowest BCUT2D eigenvalue weighted by atomic mass is 9.92. The van der Waals surface area contributed by atoms with E-state index in [2.05, 4.69) is 42.8 Å². The van der Waals surface area contributed by atoms with Crippen molar-refractivity contribution >= 4 is 28.6 Å². The Hall–Kier alpha value is -2.80. The lowest BCUT2D eigenvalue weighted by Gasteiger charge is -2.27. The van der Waals surface area contributed by atoms with Crippen LogP contribution in [0.25, 0.3) is 16.6 Å². The van der Waals surface area contributed by atoms with Crippen LogP contribution in [0.5, 0.6) is 5.75 Å². The molecule has 0 amide bonds. The number of aromatic nitrogens is 1. The molecule has 218 valence electrons. The molecule has 0 bridgehead atoms. The molecule has 4 rings (SSSR count). The number of nitrogens with one attached hydrogen (secondary N) is 1. The number of carbonyl (C=O) groups excluding carboxylic acids is 1. The van der Waals surface area contributed by atoms with Gasteiger partial charge in [0.15, 0.2) is 5.78 Å². The predicted molar refractivity (Wildman–Crippen MR) is 161 cm³/mol. The normalized spacial score (nSPS) is 22.9. The number of carbonyl (C=O) groups is 1. The van der Waals surface area contributed by atoms with Gasteiger partial charge in [-0.2, -0.15) is 8.78 Å². The lowest BCUT2D eigenvalue weighted by molar-refractivity contribution is -0.0497. The number of alkyl halides is 2. The second kappa shape index (κ2) is 13.7. The van der Waals surface area contributed by atoms with Crippen LogP contribution in [0.15, 0.2) is 40.9 Å². The number of ether oxygens (including phenoxy) is 1. The molecule has 2 unspecified atom stereocenters. The highest BCUT2D eigenvalue weighted by Crippen LogP contribution is 2.42. The summed E-state index contributed by atoms with van der Waals surface area (Å²) in [6, 6.07) is 5.60. The van der Waals surface area contributed by atoms with Crippen molar-refractivity contribution in [2.75, 3.05) is 6.54 Å². The fourth-order valence-corrected chi connectivity index (χ4v) is 5.91. The Morgan fingerprint density at radius 1 is 1.18 bits per heavy atom. The van der Waals surface area contributed by atoms with Gasteiger partial charge in [-0.3, -0.25) is 9.79 Å². The summed E-state index contributed by atoms with van der Waals surface area (Å²) in [6.45, 7) is 8.43. The number of Topliss-reactive ketones (excluding diaryl/α,β-unsaturated/α-hetero) is 1. The molecule has 1 fully saturated rings. The summed E-state index contributed by atoms with van der Waals surface area (Å²) in [5.74, 6) is 0.333. The van der Waals surface area contributed by atoms with Crippen molar-refractivity contribution < 1.29 is 18.3 Å². The lowest BCUT2D eigenvalue weighted by Crippen LogP contribution is -2.24. The molecule has 7 heteroatoms. The van der Waals surface area contributed by atoms with Crippen LogP contribution in [-0.2, 0) is 0 Å². The Morgan fingerprint density at radius 2 is 1.93 bits per heavy atom. The van der Waals surface area contributed by atoms with E-state index in [0.717, 1.165) is 73.8 Å². The van der Waals surface area contributed by atoms with Gasteiger partial charge in [0.25, 0.3) is 0 Å². The zero-order valence-corrected chi connectivity index (χ0v) is 24.7. The molecular weight excluding hydrogens is 508 g/mol. The van der Waals surface area contributed by atoms with Crippen LogP contribution in [0.2, 0.25) is 0 Å². The van der Waals surface area contributed by atoms with Gasteiger partial charge < -0.3 is 14.6 Å². The summed E-state index contributed by atoms with van der Waals surface area (Å²) in [4.78, 5) is 19.1. The van der Waals surface area contributed by atoms with Crippen LogP contribution in [0.3, 0.4) is 0 Å². The van der Waals surface area contributed by atoms with Gasteiger partial charge in [-0.25, -0.2) is 0 Å². The maximum atomic E-state index is 14.0. The van der Waals surface area contributed by atoms with E-state index in [9.17, 15) is 13.6 Å². The van der Waals surface area contributed by atoms with E-state index in [1.54, 1.807) is 18.2 Å². The van der Waals surface area contributed by atoms with Gasteiger partial charge in [-0.1, -0.05) is 66.0 Å². The smallest absolute Gasteiger partial charge is 0.387 e. The zero-order chi connectivity index (χ0) is 28.8. The number of aliphatic imine (C=N–C) groups is 1. The highest BCUT2D eigenvalue weighted by Gasteiger charge is 2.31. The molecule has 1 aromatic heterocycles. The van der Waals surface area contributed by atoms with Gasteiger partial charge in [-0.15, -0.1) is 0 Å². The molecule has 0 saturated heterocycles. The fourth-order valence-electron chi connectivity index (χ4n) is 5.91. The van der Waals surface area contributed by atoms with E-state index < -0.39 is 6.61 Å². The Morgan fingerprint density at radius 3 is 2.60 bits per heavy atom. The first kappa shape index (κ1) is 30.2. The molecule has 2 atom stereocenters. The minimum absolute atomic E-state index is 0.0719. The molecule has 1 saturated carbocycles. The average Bonchev–Trinajstić information content (AvgIpc) is 3.24. The SMILES string of the molecule is CCC(C)C(=O)c1c(C2=C/CC(C)\C=C(CCNC(C)C)/C=N/2)n(C2CCCCC2)c2cc(OC(F)F)ccc12. The Balaban J connectivity index is 1.92. The number of hydrogen-bond donors (Lipinski definition) is 1. The monoisotopic (exact) mass is 553 g/mol. The predicted octanol–water partition coefficient (Wildman–Crippen LogP) is 8.74. The molecule has 2 aliphatic rings. The Labute approximate surface area is 237 Å². The maximum absolute atomic E-state index is 14.0. The van der Waals surface area contributed by atoms with Crippen LogP contribution in [0, 0.1) is 11.8 Å². The number of benzene rings is 1. The second-order valence-electron chi connectivity index (χ2n) is 11.8. The first-order valence-corrected chi connectivity index (χ1v) is 15.0. The number of rotatable bonds is 11.